The van der Waals surface area contributed by atoms with E-state index in [1.54, 1.807) is 6.07 Å². The van der Waals surface area contributed by atoms with Crippen LogP contribution in [0.1, 0.15) is 76.7 Å². The first-order valence-electron chi connectivity index (χ1n) is 12.3. The summed E-state index contributed by atoms with van der Waals surface area (Å²) in [5.74, 6) is -0.0743. The van der Waals surface area contributed by atoms with Gasteiger partial charge < -0.3 is 0 Å². The number of halogens is 1. The van der Waals surface area contributed by atoms with E-state index >= 15 is 0 Å². The van der Waals surface area contributed by atoms with Gasteiger partial charge in [0.2, 0.25) is 0 Å². The number of nitrogens with zero attached hydrogens (tertiary/aromatic N) is 1. The first kappa shape index (κ1) is 22.5. The molecular formula is C31H30FNO. The summed E-state index contributed by atoms with van der Waals surface area (Å²) in [5, 5.41) is 2.15. The maximum absolute atomic E-state index is 13.9. The lowest BCUT2D eigenvalue weighted by Gasteiger charge is -2.22. The van der Waals surface area contributed by atoms with Gasteiger partial charge in [0.25, 0.3) is 0 Å². The molecule has 1 aromatic heterocycles. The van der Waals surface area contributed by atoms with Crippen molar-refractivity contribution < 1.29 is 9.18 Å². The molecule has 0 aliphatic heterocycles. The van der Waals surface area contributed by atoms with Crippen molar-refractivity contribution in [1.82, 2.24) is 4.98 Å². The number of ketones is 1. The summed E-state index contributed by atoms with van der Waals surface area (Å²) in [6, 6.07) is 22.9. The molecule has 34 heavy (non-hydrogen) atoms. The number of hydrogen-bond donors (Lipinski definition) is 0. The van der Waals surface area contributed by atoms with E-state index in [1.165, 1.54) is 49.9 Å². The van der Waals surface area contributed by atoms with Crippen LogP contribution in [0.3, 0.4) is 0 Å². The fourth-order valence-corrected chi connectivity index (χ4v) is 5.35. The van der Waals surface area contributed by atoms with Crippen LogP contribution in [0.5, 0.6) is 0 Å². The molecule has 0 saturated heterocycles. The SMILES string of the molecule is Cc1cc(F)ccc1C(Cc1ccc(C2CCCCC2)nc1)C(=O)c1ccc2ccccc2c1. The van der Waals surface area contributed by atoms with Crippen LogP contribution in [0, 0.1) is 12.7 Å². The van der Waals surface area contributed by atoms with Gasteiger partial charge in [-0.15, -0.1) is 0 Å². The molecule has 1 aliphatic rings. The zero-order valence-electron chi connectivity index (χ0n) is 19.6. The molecule has 3 aromatic carbocycles. The Labute approximate surface area is 200 Å². The van der Waals surface area contributed by atoms with Crippen LogP contribution in [0.4, 0.5) is 4.39 Å². The molecule has 1 atom stereocenters. The van der Waals surface area contributed by atoms with Gasteiger partial charge in [0, 0.05) is 23.4 Å². The third kappa shape index (κ3) is 4.79. The zero-order valence-corrected chi connectivity index (χ0v) is 19.6. The molecule has 1 unspecified atom stereocenters. The van der Waals surface area contributed by atoms with Crippen molar-refractivity contribution in [3.05, 3.63) is 113 Å². The van der Waals surface area contributed by atoms with Gasteiger partial charge in [0.1, 0.15) is 5.82 Å². The largest absolute Gasteiger partial charge is 0.293 e. The van der Waals surface area contributed by atoms with Crippen molar-refractivity contribution in [3.63, 3.8) is 0 Å². The van der Waals surface area contributed by atoms with Crippen LogP contribution in [0.2, 0.25) is 0 Å². The maximum atomic E-state index is 13.9. The third-order valence-electron chi connectivity index (χ3n) is 7.27. The molecule has 1 aliphatic carbocycles. The molecule has 3 heteroatoms. The Morgan fingerprint density at radius 1 is 0.941 bits per heavy atom. The number of aromatic nitrogens is 1. The number of carbonyl (C=O) groups excluding carboxylic acids is 1. The van der Waals surface area contributed by atoms with Crippen LogP contribution in [-0.4, -0.2) is 10.8 Å². The molecule has 0 spiro atoms. The fraction of sp³-hybridized carbons (Fsp3) is 0.290. The van der Waals surface area contributed by atoms with Crippen LogP contribution in [0.25, 0.3) is 10.8 Å². The van der Waals surface area contributed by atoms with E-state index in [-0.39, 0.29) is 11.6 Å². The van der Waals surface area contributed by atoms with Gasteiger partial charge in [-0.25, -0.2) is 4.39 Å². The van der Waals surface area contributed by atoms with E-state index in [1.807, 2.05) is 55.6 Å². The summed E-state index contributed by atoms with van der Waals surface area (Å²) in [5.41, 5.74) is 4.54. The number of aryl methyl sites for hydroxylation is 1. The lowest BCUT2D eigenvalue weighted by Crippen LogP contribution is -2.17. The Hall–Kier alpha value is -3.33. The highest BCUT2D eigenvalue weighted by molar-refractivity contribution is 6.04. The summed E-state index contributed by atoms with van der Waals surface area (Å²) >= 11 is 0. The number of carbonyl (C=O) groups is 1. The average molecular weight is 452 g/mol. The molecule has 172 valence electrons. The van der Waals surface area contributed by atoms with E-state index < -0.39 is 5.92 Å². The minimum Gasteiger partial charge on any atom is -0.293 e. The second-order valence-electron chi connectivity index (χ2n) is 9.61. The maximum Gasteiger partial charge on any atom is 0.170 e. The summed E-state index contributed by atoms with van der Waals surface area (Å²) in [6.45, 7) is 1.88. The van der Waals surface area contributed by atoms with Gasteiger partial charge in [0.05, 0.1) is 5.92 Å². The number of pyridine rings is 1. The van der Waals surface area contributed by atoms with Crippen molar-refractivity contribution in [1.29, 1.82) is 0 Å². The normalized spacial score (nSPS) is 15.4. The molecule has 1 fully saturated rings. The molecular weight excluding hydrogens is 421 g/mol. The highest BCUT2D eigenvalue weighted by Gasteiger charge is 2.25. The molecule has 0 N–H and O–H groups in total. The minimum atomic E-state index is -0.399. The molecule has 4 aromatic rings. The third-order valence-corrected chi connectivity index (χ3v) is 7.27. The highest BCUT2D eigenvalue weighted by atomic mass is 19.1. The van der Waals surface area contributed by atoms with Crippen LogP contribution >= 0.6 is 0 Å². The molecule has 1 heterocycles. The molecule has 2 nitrogen and oxygen atoms in total. The van der Waals surface area contributed by atoms with Crippen molar-refractivity contribution in [3.8, 4) is 0 Å². The minimum absolute atomic E-state index is 0.0526. The number of fused-ring (bicyclic) bond motifs is 1. The Morgan fingerprint density at radius 2 is 1.74 bits per heavy atom. The predicted octanol–water partition coefficient (Wildman–Crippen LogP) is 7.94. The smallest absolute Gasteiger partial charge is 0.170 e. The second-order valence-corrected chi connectivity index (χ2v) is 9.61. The monoisotopic (exact) mass is 451 g/mol. The lowest BCUT2D eigenvalue weighted by atomic mass is 9.83. The van der Waals surface area contributed by atoms with E-state index in [4.69, 9.17) is 4.98 Å². The number of rotatable bonds is 6. The summed E-state index contributed by atoms with van der Waals surface area (Å²) in [6.07, 6.45) is 8.78. The lowest BCUT2D eigenvalue weighted by molar-refractivity contribution is 0.0958. The standard InChI is InChI=1S/C31H30FNO/c1-21-17-27(32)14-15-28(21)29(31(34)26-13-12-23-7-5-6-10-25(23)19-26)18-22-11-16-30(33-20-22)24-8-3-2-4-9-24/h5-7,10-17,19-20,24,29H,2-4,8-9,18H2,1H3. The van der Waals surface area contributed by atoms with Crippen molar-refractivity contribution in [2.45, 2.75) is 57.3 Å². The predicted molar refractivity (Wildman–Crippen MR) is 136 cm³/mol. The van der Waals surface area contributed by atoms with Crippen LogP contribution in [0.15, 0.2) is 79.0 Å². The van der Waals surface area contributed by atoms with Gasteiger partial charge in [-0.3, -0.25) is 9.78 Å². The number of benzene rings is 3. The van der Waals surface area contributed by atoms with Crippen molar-refractivity contribution in [2.75, 3.05) is 0 Å². The number of Topliss-reactive ketones (excluding diaryl/α,β-unsaturated/α-hetero) is 1. The van der Waals surface area contributed by atoms with E-state index in [0.29, 0.717) is 17.9 Å². The molecule has 0 bridgehead atoms. The Morgan fingerprint density at radius 3 is 2.47 bits per heavy atom. The first-order valence-corrected chi connectivity index (χ1v) is 12.3. The van der Waals surface area contributed by atoms with Gasteiger partial charge in [-0.1, -0.05) is 67.8 Å². The van der Waals surface area contributed by atoms with E-state index in [2.05, 4.69) is 12.1 Å². The molecule has 0 radical (unpaired) electrons. The molecule has 0 amide bonds. The second kappa shape index (κ2) is 9.89. The molecule has 1 saturated carbocycles. The summed E-state index contributed by atoms with van der Waals surface area (Å²) in [7, 11) is 0. The quantitative estimate of drug-likeness (QED) is 0.279. The molecule has 5 rings (SSSR count). The first-order chi connectivity index (χ1) is 16.6. The Kier molecular flexibility index (Phi) is 6.53. The van der Waals surface area contributed by atoms with Gasteiger partial charge in [-0.2, -0.15) is 0 Å². The summed E-state index contributed by atoms with van der Waals surface area (Å²) < 4.78 is 13.9. The topological polar surface area (TPSA) is 30.0 Å². The average Bonchev–Trinajstić information content (AvgIpc) is 2.88. The van der Waals surface area contributed by atoms with Crippen molar-refractivity contribution >= 4 is 16.6 Å². The summed E-state index contributed by atoms with van der Waals surface area (Å²) in [4.78, 5) is 18.6. The van der Waals surface area contributed by atoms with Gasteiger partial charge >= 0.3 is 0 Å². The van der Waals surface area contributed by atoms with Crippen LogP contribution < -0.4 is 0 Å². The van der Waals surface area contributed by atoms with E-state index in [9.17, 15) is 9.18 Å². The Bertz CT molecular complexity index is 1300. The highest BCUT2D eigenvalue weighted by Crippen LogP contribution is 2.33. The van der Waals surface area contributed by atoms with Gasteiger partial charge in [-0.05, 0) is 77.9 Å². The number of hydrogen-bond acceptors (Lipinski definition) is 2. The van der Waals surface area contributed by atoms with Gasteiger partial charge in [0.15, 0.2) is 5.78 Å². The Balaban J connectivity index is 1.47. The zero-order chi connectivity index (χ0) is 23.5. The van der Waals surface area contributed by atoms with Crippen LogP contribution in [-0.2, 0) is 6.42 Å². The fourth-order valence-electron chi connectivity index (χ4n) is 5.35. The van der Waals surface area contributed by atoms with Crippen molar-refractivity contribution in [2.24, 2.45) is 0 Å². The van der Waals surface area contributed by atoms with E-state index in [0.717, 1.165) is 27.5 Å².